The number of ether oxygens (including phenoxy) is 1. The van der Waals surface area contributed by atoms with Crippen molar-refractivity contribution >= 4 is 29.2 Å². The first-order chi connectivity index (χ1) is 6.75. The predicted octanol–water partition coefficient (Wildman–Crippen LogP) is 3.04. The Morgan fingerprint density at radius 1 is 1.14 bits per heavy atom. The van der Waals surface area contributed by atoms with Gasteiger partial charge in [-0.3, -0.25) is 0 Å². The van der Waals surface area contributed by atoms with Crippen LogP contribution < -0.4 is 0 Å². The quantitative estimate of drug-likeness (QED) is 0.545. The van der Waals surface area contributed by atoms with Gasteiger partial charge < -0.3 is 4.74 Å². The lowest BCUT2D eigenvalue weighted by Gasteiger charge is -2.31. The zero-order valence-electron chi connectivity index (χ0n) is 8.19. The molecule has 0 aromatic rings. The standard InChI is InChI=1S/C11H16OS2/c13-11(14)12-10-5-6-4-9(10)8-3-1-2-7(6)8/h6-10H,1-5H2,(H,13,14)/t6-,7+,8-,9+,10+/m1/s1. The molecule has 3 aliphatic rings. The Balaban J connectivity index is 1.73. The first kappa shape index (κ1) is 9.46. The molecule has 0 aromatic heterocycles. The highest BCUT2D eigenvalue weighted by Crippen LogP contribution is 2.59. The van der Waals surface area contributed by atoms with Gasteiger partial charge in [0.15, 0.2) is 0 Å². The molecule has 0 heterocycles. The molecule has 0 amide bonds. The zero-order valence-corrected chi connectivity index (χ0v) is 9.90. The summed E-state index contributed by atoms with van der Waals surface area (Å²) in [5.41, 5.74) is 0. The van der Waals surface area contributed by atoms with E-state index in [0.29, 0.717) is 10.5 Å². The Labute approximate surface area is 96.0 Å². The van der Waals surface area contributed by atoms with E-state index in [4.69, 9.17) is 17.0 Å². The van der Waals surface area contributed by atoms with Crippen molar-refractivity contribution in [3.8, 4) is 0 Å². The van der Waals surface area contributed by atoms with Crippen LogP contribution in [0.25, 0.3) is 0 Å². The fraction of sp³-hybridized carbons (Fsp3) is 0.909. The highest BCUT2D eigenvalue weighted by Gasteiger charge is 2.54. The van der Waals surface area contributed by atoms with Gasteiger partial charge in [-0.1, -0.05) is 19.0 Å². The molecule has 0 radical (unpaired) electrons. The molecular formula is C11H16OS2. The second kappa shape index (κ2) is 3.38. The molecule has 1 nitrogen and oxygen atoms in total. The zero-order chi connectivity index (χ0) is 9.71. The molecule has 3 saturated carbocycles. The van der Waals surface area contributed by atoms with Gasteiger partial charge in [-0.25, -0.2) is 0 Å². The van der Waals surface area contributed by atoms with Crippen molar-refractivity contribution in [3.05, 3.63) is 0 Å². The number of thiol groups is 1. The Kier molecular flexibility index (Phi) is 2.28. The van der Waals surface area contributed by atoms with E-state index in [9.17, 15) is 0 Å². The molecule has 0 aromatic carbocycles. The predicted molar refractivity (Wildman–Crippen MR) is 63.5 cm³/mol. The normalized spacial score (nSPS) is 49.4. The maximum absolute atomic E-state index is 5.65. The lowest BCUT2D eigenvalue weighted by molar-refractivity contribution is 0.0814. The van der Waals surface area contributed by atoms with Crippen molar-refractivity contribution in [2.75, 3.05) is 0 Å². The fourth-order valence-corrected chi connectivity index (χ4v) is 4.53. The topological polar surface area (TPSA) is 9.23 Å². The van der Waals surface area contributed by atoms with Gasteiger partial charge in [0.2, 0.25) is 4.38 Å². The van der Waals surface area contributed by atoms with Crippen LogP contribution in [0.15, 0.2) is 0 Å². The minimum Gasteiger partial charge on any atom is -0.475 e. The third kappa shape index (κ3) is 1.32. The summed E-state index contributed by atoms with van der Waals surface area (Å²) in [7, 11) is 0. The molecule has 5 atom stereocenters. The van der Waals surface area contributed by atoms with Crippen molar-refractivity contribution in [3.63, 3.8) is 0 Å². The number of fused-ring (bicyclic) bond motifs is 5. The molecule has 3 fully saturated rings. The van der Waals surface area contributed by atoms with Crippen LogP contribution in [-0.2, 0) is 4.74 Å². The van der Waals surface area contributed by atoms with E-state index in [2.05, 4.69) is 12.6 Å². The lowest BCUT2D eigenvalue weighted by atomic mass is 9.80. The van der Waals surface area contributed by atoms with Crippen LogP contribution in [0.2, 0.25) is 0 Å². The molecule has 0 saturated heterocycles. The number of rotatable bonds is 1. The number of thiocarbonyl (C=S) groups is 1. The minimum absolute atomic E-state index is 0.407. The average molecular weight is 228 g/mol. The monoisotopic (exact) mass is 228 g/mol. The lowest BCUT2D eigenvalue weighted by Crippen LogP contribution is -2.30. The smallest absolute Gasteiger partial charge is 0.217 e. The van der Waals surface area contributed by atoms with Crippen molar-refractivity contribution in [1.29, 1.82) is 0 Å². The van der Waals surface area contributed by atoms with Gasteiger partial charge in [0, 0.05) is 0 Å². The van der Waals surface area contributed by atoms with Crippen LogP contribution in [-0.4, -0.2) is 10.5 Å². The van der Waals surface area contributed by atoms with Gasteiger partial charge >= 0.3 is 0 Å². The van der Waals surface area contributed by atoms with Gasteiger partial charge in [-0.05, 0) is 61.6 Å². The van der Waals surface area contributed by atoms with E-state index in [1.165, 1.54) is 32.1 Å². The third-order valence-electron chi connectivity index (χ3n) is 4.62. The van der Waals surface area contributed by atoms with Gasteiger partial charge in [-0.15, -0.1) is 0 Å². The first-order valence-corrected chi connectivity index (χ1v) is 6.51. The molecular weight excluding hydrogens is 212 g/mol. The van der Waals surface area contributed by atoms with Crippen LogP contribution in [0.4, 0.5) is 0 Å². The summed E-state index contributed by atoms with van der Waals surface area (Å²) in [4.78, 5) is 0. The van der Waals surface area contributed by atoms with Crippen molar-refractivity contribution in [2.24, 2.45) is 23.7 Å². The molecule has 3 rings (SSSR count). The highest BCUT2D eigenvalue weighted by molar-refractivity contribution is 8.10. The molecule has 14 heavy (non-hydrogen) atoms. The maximum atomic E-state index is 5.65. The van der Waals surface area contributed by atoms with Crippen LogP contribution in [0.3, 0.4) is 0 Å². The molecule has 78 valence electrons. The second-order valence-corrected chi connectivity index (χ2v) is 6.16. The Bertz CT molecular complexity index is 266. The largest absolute Gasteiger partial charge is 0.475 e. The van der Waals surface area contributed by atoms with Gasteiger partial charge in [0.1, 0.15) is 6.10 Å². The fourth-order valence-electron chi connectivity index (χ4n) is 4.27. The van der Waals surface area contributed by atoms with Gasteiger partial charge in [0.05, 0.1) is 0 Å². The summed E-state index contributed by atoms with van der Waals surface area (Å²) in [5, 5.41) is 0. The van der Waals surface area contributed by atoms with Crippen LogP contribution in [0, 0.1) is 23.7 Å². The van der Waals surface area contributed by atoms with E-state index < -0.39 is 0 Å². The van der Waals surface area contributed by atoms with Crippen molar-refractivity contribution < 1.29 is 4.74 Å². The second-order valence-electron chi connectivity index (χ2n) is 5.08. The van der Waals surface area contributed by atoms with E-state index in [1.807, 2.05) is 0 Å². The average Bonchev–Trinajstić information content (AvgIpc) is 2.68. The van der Waals surface area contributed by atoms with E-state index in [1.54, 1.807) is 0 Å². The van der Waals surface area contributed by atoms with Crippen molar-refractivity contribution in [1.82, 2.24) is 0 Å². The first-order valence-electron chi connectivity index (χ1n) is 5.65. The molecule has 2 bridgehead atoms. The SMILES string of the molecule is S=C(S)O[C@H]1C[C@H]2C[C@H]1[C@@H]1CCC[C@@H]21. The Morgan fingerprint density at radius 3 is 2.71 bits per heavy atom. The minimum atomic E-state index is 0.407. The summed E-state index contributed by atoms with van der Waals surface area (Å²) in [6, 6.07) is 0. The summed E-state index contributed by atoms with van der Waals surface area (Å²) >= 11 is 8.98. The molecule has 0 spiro atoms. The Morgan fingerprint density at radius 2 is 1.93 bits per heavy atom. The van der Waals surface area contributed by atoms with Gasteiger partial charge in [0.25, 0.3) is 0 Å². The third-order valence-corrected chi connectivity index (χ3v) is 4.82. The van der Waals surface area contributed by atoms with Crippen molar-refractivity contribution in [2.45, 2.75) is 38.2 Å². The summed E-state index contributed by atoms with van der Waals surface area (Å²) in [6.07, 6.45) is 7.41. The Hall–Kier alpha value is 0.240. The van der Waals surface area contributed by atoms with Gasteiger partial charge in [-0.2, -0.15) is 0 Å². The maximum Gasteiger partial charge on any atom is 0.217 e. The molecule has 3 aliphatic carbocycles. The van der Waals surface area contributed by atoms with E-state index in [0.717, 1.165) is 23.7 Å². The van der Waals surface area contributed by atoms with E-state index >= 15 is 0 Å². The molecule has 0 aliphatic heterocycles. The number of hydrogen-bond donors (Lipinski definition) is 1. The summed E-state index contributed by atoms with van der Waals surface area (Å²) in [5.74, 6) is 3.74. The highest BCUT2D eigenvalue weighted by atomic mass is 32.1. The van der Waals surface area contributed by atoms with Crippen LogP contribution >= 0.6 is 24.8 Å². The molecule has 0 unspecified atom stereocenters. The molecule has 3 heteroatoms. The number of hydrogen-bond acceptors (Lipinski definition) is 2. The van der Waals surface area contributed by atoms with E-state index in [-0.39, 0.29) is 0 Å². The molecule has 0 N–H and O–H groups in total. The van der Waals surface area contributed by atoms with Crippen LogP contribution in [0.1, 0.15) is 32.1 Å². The summed E-state index contributed by atoms with van der Waals surface area (Å²) in [6.45, 7) is 0. The van der Waals surface area contributed by atoms with Crippen LogP contribution in [0.5, 0.6) is 0 Å². The summed E-state index contributed by atoms with van der Waals surface area (Å²) < 4.78 is 6.09.